The van der Waals surface area contributed by atoms with Crippen molar-refractivity contribution < 1.29 is 14.3 Å². The number of benzene rings is 2. The van der Waals surface area contributed by atoms with E-state index in [0.29, 0.717) is 27.4 Å². The van der Waals surface area contributed by atoms with Gasteiger partial charge in [0.25, 0.3) is 5.91 Å². The van der Waals surface area contributed by atoms with Gasteiger partial charge in [-0.15, -0.1) is 0 Å². The average molecular weight is 365 g/mol. The fraction of sp³-hybridized carbons (Fsp3) is 0.211. The van der Waals surface area contributed by atoms with Crippen LogP contribution in [0.15, 0.2) is 41.4 Å². The van der Waals surface area contributed by atoms with Crippen molar-refractivity contribution in [1.29, 1.82) is 5.26 Å². The lowest BCUT2D eigenvalue weighted by atomic mass is 10.1. The fourth-order valence-electron chi connectivity index (χ4n) is 2.82. The molecule has 3 aromatic rings. The van der Waals surface area contributed by atoms with Crippen molar-refractivity contribution in [2.45, 2.75) is 19.9 Å². The number of nitriles is 1. The van der Waals surface area contributed by atoms with Gasteiger partial charge in [-0.25, -0.2) is 0 Å². The van der Waals surface area contributed by atoms with Crippen molar-refractivity contribution >= 4 is 27.5 Å². The molecule has 4 rings (SSSR count). The van der Waals surface area contributed by atoms with Crippen LogP contribution in [0.2, 0.25) is 0 Å². The quantitative estimate of drug-likeness (QED) is 0.712. The summed E-state index contributed by atoms with van der Waals surface area (Å²) in [6.07, 6.45) is 0.915. The molecule has 0 unspecified atom stereocenters. The topological polar surface area (TPSA) is 76.6 Å². The molecule has 1 aliphatic rings. The summed E-state index contributed by atoms with van der Waals surface area (Å²) >= 11 is 1.45. The molecule has 26 heavy (non-hydrogen) atoms. The maximum Gasteiger partial charge on any atom is 0.279 e. The Bertz CT molecular complexity index is 1100. The van der Waals surface area contributed by atoms with Crippen LogP contribution in [0, 0.1) is 11.3 Å². The van der Waals surface area contributed by atoms with E-state index >= 15 is 0 Å². The molecule has 130 valence electrons. The Hall–Kier alpha value is -3.11. The number of hydrogen-bond acceptors (Lipinski definition) is 5. The lowest BCUT2D eigenvalue weighted by molar-refractivity contribution is 0.0998. The van der Waals surface area contributed by atoms with Crippen molar-refractivity contribution in [3.63, 3.8) is 0 Å². The highest BCUT2D eigenvalue weighted by molar-refractivity contribution is 7.16. The lowest BCUT2D eigenvalue weighted by Gasteiger charge is -2.03. The molecule has 0 saturated carbocycles. The predicted octanol–water partition coefficient (Wildman–Crippen LogP) is 3.45. The number of hydrogen-bond donors (Lipinski definition) is 0. The van der Waals surface area contributed by atoms with Gasteiger partial charge in [0.1, 0.15) is 0 Å². The summed E-state index contributed by atoms with van der Waals surface area (Å²) in [7, 11) is 0. The molecule has 2 heterocycles. The van der Waals surface area contributed by atoms with Gasteiger partial charge in [0.2, 0.25) is 6.79 Å². The highest BCUT2D eigenvalue weighted by atomic mass is 32.1. The van der Waals surface area contributed by atoms with Crippen molar-refractivity contribution in [2.24, 2.45) is 4.99 Å². The number of ether oxygens (including phenoxy) is 2. The summed E-state index contributed by atoms with van der Waals surface area (Å²) in [6, 6.07) is 12.4. The van der Waals surface area contributed by atoms with Crippen LogP contribution >= 0.6 is 11.3 Å². The van der Waals surface area contributed by atoms with Crippen molar-refractivity contribution in [1.82, 2.24) is 4.57 Å². The van der Waals surface area contributed by atoms with Gasteiger partial charge in [0.05, 0.1) is 21.8 Å². The van der Waals surface area contributed by atoms with E-state index in [9.17, 15) is 4.79 Å². The first-order chi connectivity index (χ1) is 12.7. The van der Waals surface area contributed by atoms with E-state index in [1.54, 1.807) is 24.3 Å². The third-order valence-corrected chi connectivity index (χ3v) is 5.12. The highest BCUT2D eigenvalue weighted by Crippen LogP contribution is 2.37. The van der Waals surface area contributed by atoms with Gasteiger partial charge in [-0.2, -0.15) is 10.3 Å². The van der Waals surface area contributed by atoms with Gasteiger partial charge >= 0.3 is 0 Å². The third kappa shape index (κ3) is 2.85. The molecule has 0 radical (unpaired) electrons. The number of rotatable bonds is 3. The number of carbonyl (C=O) groups excluding carboxylic acids is 1. The van der Waals surface area contributed by atoms with Gasteiger partial charge in [0, 0.05) is 24.2 Å². The molecule has 0 fully saturated rings. The van der Waals surface area contributed by atoms with E-state index in [4.69, 9.17) is 14.7 Å². The Morgan fingerprint density at radius 1 is 1.27 bits per heavy atom. The summed E-state index contributed by atoms with van der Waals surface area (Å²) in [5, 5.41) is 8.87. The molecule has 1 aromatic heterocycles. The van der Waals surface area contributed by atoms with Crippen LogP contribution in [-0.4, -0.2) is 17.3 Å². The minimum atomic E-state index is -0.328. The van der Waals surface area contributed by atoms with E-state index in [1.165, 1.54) is 11.3 Å². The molecule has 7 heteroatoms. The zero-order valence-corrected chi connectivity index (χ0v) is 14.9. The second-order valence-electron chi connectivity index (χ2n) is 5.82. The smallest absolute Gasteiger partial charge is 0.279 e. The van der Waals surface area contributed by atoms with Crippen LogP contribution in [0.3, 0.4) is 0 Å². The summed E-state index contributed by atoms with van der Waals surface area (Å²) < 4.78 is 13.9. The Kier molecular flexibility index (Phi) is 4.19. The van der Waals surface area contributed by atoms with Crippen LogP contribution in [-0.2, 0) is 6.54 Å². The Morgan fingerprint density at radius 3 is 2.69 bits per heavy atom. The molecule has 0 bridgehead atoms. The summed E-state index contributed by atoms with van der Waals surface area (Å²) in [5.74, 6) is 1.10. The van der Waals surface area contributed by atoms with Gasteiger partial charge in [-0.1, -0.05) is 18.3 Å². The molecule has 1 amide bonds. The van der Waals surface area contributed by atoms with Crippen LogP contribution in [0.5, 0.6) is 11.5 Å². The molecule has 0 spiro atoms. The zero-order valence-electron chi connectivity index (χ0n) is 14.1. The van der Waals surface area contributed by atoms with E-state index in [2.05, 4.69) is 11.9 Å². The van der Waals surface area contributed by atoms with Gasteiger partial charge < -0.3 is 14.0 Å². The first-order valence-corrected chi connectivity index (χ1v) is 9.03. The predicted molar refractivity (Wildman–Crippen MR) is 97.3 cm³/mol. The maximum atomic E-state index is 12.5. The molecular formula is C19H15N3O3S. The number of carbonyl (C=O) groups is 1. The number of nitrogens with zero attached hydrogens (tertiary/aromatic N) is 3. The molecule has 6 nitrogen and oxygen atoms in total. The summed E-state index contributed by atoms with van der Waals surface area (Å²) in [4.78, 5) is 17.5. The lowest BCUT2D eigenvalue weighted by Crippen LogP contribution is -2.16. The van der Waals surface area contributed by atoms with Crippen molar-refractivity contribution in [2.75, 3.05) is 6.79 Å². The van der Waals surface area contributed by atoms with Gasteiger partial charge in [-0.05, 0) is 30.7 Å². The van der Waals surface area contributed by atoms with Crippen LogP contribution in [0.25, 0.3) is 10.2 Å². The SMILES string of the molecule is CCCn1c(=NC(=O)c2ccc(C#N)cc2)sc2cc3c(cc21)OCO3. The Balaban J connectivity index is 1.81. The normalized spacial score (nSPS) is 13.2. The summed E-state index contributed by atoms with van der Waals surface area (Å²) in [6.45, 7) is 3.06. The number of fused-ring (bicyclic) bond motifs is 2. The Morgan fingerprint density at radius 2 is 2.00 bits per heavy atom. The number of amides is 1. The summed E-state index contributed by atoms with van der Waals surface area (Å²) in [5.41, 5.74) is 1.95. The highest BCUT2D eigenvalue weighted by Gasteiger charge is 2.18. The monoisotopic (exact) mass is 365 g/mol. The van der Waals surface area contributed by atoms with Crippen LogP contribution in [0.4, 0.5) is 0 Å². The molecule has 2 aromatic carbocycles. The first-order valence-electron chi connectivity index (χ1n) is 8.22. The van der Waals surface area contributed by atoms with E-state index in [-0.39, 0.29) is 12.7 Å². The van der Waals surface area contributed by atoms with Gasteiger partial charge in [0.15, 0.2) is 16.3 Å². The number of aromatic nitrogens is 1. The first kappa shape index (κ1) is 16.4. The van der Waals surface area contributed by atoms with Crippen molar-refractivity contribution in [3.8, 4) is 17.6 Å². The molecule has 0 aliphatic carbocycles. The van der Waals surface area contributed by atoms with Gasteiger partial charge in [-0.3, -0.25) is 4.79 Å². The second-order valence-corrected chi connectivity index (χ2v) is 6.82. The third-order valence-electron chi connectivity index (χ3n) is 4.08. The molecular weight excluding hydrogens is 350 g/mol. The van der Waals surface area contributed by atoms with Crippen molar-refractivity contribution in [3.05, 3.63) is 52.3 Å². The number of thiazole rings is 1. The maximum absolute atomic E-state index is 12.5. The van der Waals surface area contributed by atoms with E-state index in [0.717, 1.165) is 23.2 Å². The Labute approximate surface area is 153 Å². The molecule has 1 aliphatic heterocycles. The standard InChI is InChI=1S/C19H15N3O3S/c1-2-7-22-14-8-15-16(25-11-24-15)9-17(14)26-19(22)21-18(23)13-5-3-12(10-20)4-6-13/h3-6,8-9H,2,7,11H2,1H3. The number of aryl methyl sites for hydroxylation is 1. The second kappa shape index (κ2) is 6.65. The average Bonchev–Trinajstić information content (AvgIpc) is 3.24. The molecule has 0 saturated heterocycles. The minimum absolute atomic E-state index is 0.231. The zero-order chi connectivity index (χ0) is 18.1. The van der Waals surface area contributed by atoms with Crippen LogP contribution < -0.4 is 14.3 Å². The molecule has 0 atom stereocenters. The van der Waals surface area contributed by atoms with Crippen LogP contribution in [0.1, 0.15) is 29.3 Å². The minimum Gasteiger partial charge on any atom is -0.454 e. The van der Waals surface area contributed by atoms with E-state index < -0.39 is 0 Å². The van der Waals surface area contributed by atoms with E-state index in [1.807, 2.05) is 22.8 Å². The molecule has 0 N–H and O–H groups in total. The fourth-order valence-corrected chi connectivity index (χ4v) is 3.89. The largest absolute Gasteiger partial charge is 0.454 e.